The van der Waals surface area contributed by atoms with Crippen LogP contribution in [0.4, 0.5) is 4.39 Å². The number of hydrogen-bond acceptors (Lipinski definition) is 2. The summed E-state index contributed by atoms with van der Waals surface area (Å²) >= 11 is 0. The van der Waals surface area contributed by atoms with Crippen molar-refractivity contribution < 1.29 is 4.39 Å². The molecule has 0 aliphatic rings. The zero-order valence-electron chi connectivity index (χ0n) is 12.3. The third-order valence-corrected chi connectivity index (χ3v) is 3.45. The third-order valence-electron chi connectivity index (χ3n) is 3.45. The molecule has 1 aromatic carbocycles. The van der Waals surface area contributed by atoms with Crippen LogP contribution >= 0.6 is 0 Å². The van der Waals surface area contributed by atoms with Gasteiger partial charge in [-0.15, -0.1) is 0 Å². The Balaban J connectivity index is 2.26. The van der Waals surface area contributed by atoms with Gasteiger partial charge in [-0.05, 0) is 55.3 Å². The van der Waals surface area contributed by atoms with E-state index in [0.717, 1.165) is 35.3 Å². The summed E-state index contributed by atoms with van der Waals surface area (Å²) in [5.74, 6) is -0.189. The van der Waals surface area contributed by atoms with Crippen LogP contribution < -0.4 is 5.32 Å². The van der Waals surface area contributed by atoms with Crippen LogP contribution in [0.1, 0.15) is 35.3 Å². The van der Waals surface area contributed by atoms with Crippen LogP contribution in [0.15, 0.2) is 36.5 Å². The lowest BCUT2D eigenvalue weighted by molar-refractivity contribution is 0.535. The van der Waals surface area contributed by atoms with Crippen LogP contribution in [0.3, 0.4) is 0 Å². The maximum atomic E-state index is 13.5. The molecule has 0 spiro atoms. The van der Waals surface area contributed by atoms with Gasteiger partial charge in [0.15, 0.2) is 0 Å². The molecule has 0 saturated carbocycles. The van der Waals surface area contributed by atoms with Gasteiger partial charge in [0, 0.05) is 24.4 Å². The Hall–Kier alpha value is -1.74. The highest BCUT2D eigenvalue weighted by molar-refractivity contribution is 5.30. The van der Waals surface area contributed by atoms with Gasteiger partial charge in [-0.2, -0.15) is 0 Å². The van der Waals surface area contributed by atoms with E-state index < -0.39 is 0 Å². The number of nitrogens with zero attached hydrogens (tertiary/aromatic N) is 1. The Bertz CT molecular complexity index is 564. The summed E-state index contributed by atoms with van der Waals surface area (Å²) in [6, 6.07) is 9.14. The van der Waals surface area contributed by atoms with E-state index in [2.05, 4.69) is 23.3 Å². The van der Waals surface area contributed by atoms with Gasteiger partial charge in [-0.25, -0.2) is 4.39 Å². The smallest absolute Gasteiger partial charge is 0.123 e. The number of benzene rings is 1. The monoisotopic (exact) mass is 272 g/mol. The van der Waals surface area contributed by atoms with Crippen molar-refractivity contribution >= 4 is 0 Å². The minimum absolute atomic E-state index is 0.0888. The quantitative estimate of drug-likeness (QED) is 0.897. The van der Waals surface area contributed by atoms with E-state index in [1.807, 2.05) is 32.2 Å². The van der Waals surface area contributed by atoms with E-state index in [4.69, 9.17) is 0 Å². The molecule has 0 amide bonds. The maximum absolute atomic E-state index is 13.5. The number of halogens is 1. The zero-order valence-corrected chi connectivity index (χ0v) is 12.3. The maximum Gasteiger partial charge on any atom is 0.123 e. The summed E-state index contributed by atoms with van der Waals surface area (Å²) < 4.78 is 13.5. The summed E-state index contributed by atoms with van der Waals surface area (Å²) in [6.07, 6.45) is 2.63. The number of aryl methyl sites for hydroxylation is 2. The standard InChI is InChI=1S/C17H21FN2/c1-4-19-17(10-15-8-5-12(2)11-20-15)16-9-14(18)7-6-13(16)3/h5-9,11,17,19H,4,10H2,1-3H3. The van der Waals surface area contributed by atoms with E-state index >= 15 is 0 Å². The Morgan fingerprint density at radius 3 is 2.65 bits per heavy atom. The number of hydrogen-bond donors (Lipinski definition) is 1. The highest BCUT2D eigenvalue weighted by Gasteiger charge is 2.15. The van der Waals surface area contributed by atoms with Gasteiger partial charge < -0.3 is 5.32 Å². The molecule has 2 rings (SSSR count). The van der Waals surface area contributed by atoms with Gasteiger partial charge >= 0.3 is 0 Å². The summed E-state index contributed by atoms with van der Waals surface area (Å²) in [5, 5.41) is 3.42. The first kappa shape index (κ1) is 14.7. The topological polar surface area (TPSA) is 24.9 Å². The van der Waals surface area contributed by atoms with Crippen LogP contribution in [-0.4, -0.2) is 11.5 Å². The molecule has 3 heteroatoms. The van der Waals surface area contributed by atoms with Crippen LogP contribution in [-0.2, 0) is 6.42 Å². The lowest BCUT2D eigenvalue weighted by atomic mass is 9.97. The Labute approximate surface area is 120 Å². The molecule has 0 radical (unpaired) electrons. The molecule has 1 N–H and O–H groups in total. The number of pyridine rings is 1. The van der Waals surface area contributed by atoms with Crippen molar-refractivity contribution in [2.75, 3.05) is 6.54 Å². The number of aromatic nitrogens is 1. The van der Waals surface area contributed by atoms with Crippen LogP contribution in [0.2, 0.25) is 0 Å². The molecule has 2 nitrogen and oxygen atoms in total. The van der Waals surface area contributed by atoms with E-state index in [1.54, 1.807) is 6.07 Å². The highest BCUT2D eigenvalue weighted by atomic mass is 19.1. The highest BCUT2D eigenvalue weighted by Crippen LogP contribution is 2.22. The fraction of sp³-hybridized carbons (Fsp3) is 0.353. The third kappa shape index (κ3) is 3.64. The van der Waals surface area contributed by atoms with Gasteiger partial charge in [0.2, 0.25) is 0 Å². The Morgan fingerprint density at radius 1 is 1.20 bits per heavy atom. The Kier molecular flexibility index (Phi) is 4.85. The summed E-state index contributed by atoms with van der Waals surface area (Å²) in [5.41, 5.74) is 4.28. The molecule has 0 saturated heterocycles. The average molecular weight is 272 g/mol. The van der Waals surface area contributed by atoms with Gasteiger partial charge in [0.25, 0.3) is 0 Å². The second-order valence-electron chi connectivity index (χ2n) is 5.14. The molecule has 2 aromatic rings. The van der Waals surface area contributed by atoms with E-state index in [0.29, 0.717) is 0 Å². The van der Waals surface area contributed by atoms with Crippen molar-refractivity contribution in [3.05, 3.63) is 64.7 Å². The normalized spacial score (nSPS) is 12.4. The molecule has 106 valence electrons. The van der Waals surface area contributed by atoms with Crippen LogP contribution in [0.25, 0.3) is 0 Å². The van der Waals surface area contributed by atoms with Crippen molar-refractivity contribution in [2.24, 2.45) is 0 Å². The minimum Gasteiger partial charge on any atom is -0.310 e. The van der Waals surface area contributed by atoms with Gasteiger partial charge in [0.1, 0.15) is 5.82 Å². The SMILES string of the molecule is CCNC(Cc1ccc(C)cn1)c1cc(F)ccc1C. The lowest BCUT2D eigenvalue weighted by Gasteiger charge is -2.20. The molecule has 1 atom stereocenters. The molecular weight excluding hydrogens is 251 g/mol. The minimum atomic E-state index is -0.189. The van der Waals surface area contributed by atoms with Gasteiger partial charge in [-0.1, -0.05) is 19.1 Å². The first-order valence-electron chi connectivity index (χ1n) is 7.01. The van der Waals surface area contributed by atoms with E-state index in [-0.39, 0.29) is 11.9 Å². The average Bonchev–Trinajstić information content (AvgIpc) is 2.43. The summed E-state index contributed by atoms with van der Waals surface area (Å²) in [4.78, 5) is 4.44. The molecule has 1 heterocycles. The largest absolute Gasteiger partial charge is 0.310 e. The number of rotatable bonds is 5. The molecular formula is C17H21FN2. The molecule has 1 aromatic heterocycles. The van der Waals surface area contributed by atoms with E-state index in [1.165, 1.54) is 6.07 Å². The first-order chi connectivity index (χ1) is 9.60. The second kappa shape index (κ2) is 6.62. The number of nitrogens with one attached hydrogen (secondary N) is 1. The van der Waals surface area contributed by atoms with Crippen LogP contribution in [0, 0.1) is 19.7 Å². The second-order valence-corrected chi connectivity index (χ2v) is 5.14. The van der Waals surface area contributed by atoms with E-state index in [9.17, 15) is 4.39 Å². The predicted molar refractivity (Wildman–Crippen MR) is 80.2 cm³/mol. The summed E-state index contributed by atoms with van der Waals surface area (Å²) in [7, 11) is 0. The van der Waals surface area contributed by atoms with Crippen molar-refractivity contribution in [3.63, 3.8) is 0 Å². The zero-order chi connectivity index (χ0) is 14.5. The molecule has 0 aliphatic heterocycles. The molecule has 20 heavy (non-hydrogen) atoms. The first-order valence-corrected chi connectivity index (χ1v) is 7.01. The Morgan fingerprint density at radius 2 is 2.00 bits per heavy atom. The predicted octanol–water partition coefficient (Wildman–Crippen LogP) is 3.73. The summed E-state index contributed by atoms with van der Waals surface area (Å²) in [6.45, 7) is 6.94. The molecule has 1 unspecified atom stereocenters. The fourth-order valence-corrected chi connectivity index (χ4v) is 2.35. The van der Waals surface area contributed by atoms with Crippen LogP contribution in [0.5, 0.6) is 0 Å². The van der Waals surface area contributed by atoms with Crippen molar-refractivity contribution in [1.29, 1.82) is 0 Å². The molecule has 0 bridgehead atoms. The number of likely N-dealkylation sites (N-methyl/N-ethyl adjacent to an activating group) is 1. The fourth-order valence-electron chi connectivity index (χ4n) is 2.35. The van der Waals surface area contributed by atoms with Gasteiger partial charge in [0.05, 0.1) is 0 Å². The van der Waals surface area contributed by atoms with Crippen molar-refractivity contribution in [2.45, 2.75) is 33.2 Å². The van der Waals surface area contributed by atoms with Gasteiger partial charge in [-0.3, -0.25) is 4.98 Å². The van der Waals surface area contributed by atoms with Crippen molar-refractivity contribution in [1.82, 2.24) is 10.3 Å². The molecule has 0 fully saturated rings. The van der Waals surface area contributed by atoms with Crippen molar-refractivity contribution in [3.8, 4) is 0 Å². The lowest BCUT2D eigenvalue weighted by Crippen LogP contribution is -2.24. The molecule has 0 aliphatic carbocycles.